The van der Waals surface area contributed by atoms with Gasteiger partial charge < -0.3 is 10.2 Å². The fourth-order valence-corrected chi connectivity index (χ4v) is 2.61. The average Bonchev–Trinajstić information content (AvgIpc) is 2.34. The minimum absolute atomic E-state index is 0.239. The van der Waals surface area contributed by atoms with Crippen LogP contribution in [0.3, 0.4) is 0 Å². The molecule has 0 radical (unpaired) electrons. The predicted octanol–water partition coefficient (Wildman–Crippen LogP) is -2.58. The van der Waals surface area contributed by atoms with Crippen molar-refractivity contribution < 1.29 is 18.6 Å². The highest BCUT2D eigenvalue weighted by atomic mass is 32.2. The summed E-state index contributed by atoms with van der Waals surface area (Å²) in [7, 11) is -3.76. The normalized spacial score (nSPS) is 12.3. The van der Waals surface area contributed by atoms with Gasteiger partial charge in [-0.25, -0.2) is 13.2 Å². The summed E-state index contributed by atoms with van der Waals surface area (Å²) in [5.74, 6) is 0. The fraction of sp³-hybridized carbons (Fsp3) is 0.600. The molecule has 20 heavy (non-hydrogen) atoms. The molecule has 10 heteroatoms. The van der Waals surface area contributed by atoms with Gasteiger partial charge in [-0.05, 0) is 6.92 Å². The van der Waals surface area contributed by atoms with Crippen LogP contribution in [-0.4, -0.2) is 58.0 Å². The van der Waals surface area contributed by atoms with E-state index in [4.69, 9.17) is 10.2 Å². The number of nitrogens with zero attached hydrogens (tertiary/aromatic N) is 2. The van der Waals surface area contributed by atoms with E-state index in [1.54, 1.807) is 0 Å². The maximum absolute atomic E-state index is 11.7. The minimum atomic E-state index is -3.76. The number of aromatic amines is 1. The lowest BCUT2D eigenvalue weighted by Gasteiger charge is -2.27. The summed E-state index contributed by atoms with van der Waals surface area (Å²) in [6, 6.07) is -1.07. The molecule has 0 aliphatic carbocycles. The Morgan fingerprint density at radius 1 is 1.35 bits per heavy atom. The number of aromatic nitrogens is 2. The molecule has 0 saturated carbocycles. The Labute approximate surface area is 115 Å². The van der Waals surface area contributed by atoms with Crippen LogP contribution in [0.2, 0.25) is 0 Å². The number of aliphatic hydroxyl groups is 2. The van der Waals surface area contributed by atoms with Crippen LogP contribution in [0, 0.1) is 6.92 Å². The van der Waals surface area contributed by atoms with Crippen LogP contribution >= 0.6 is 0 Å². The van der Waals surface area contributed by atoms with Gasteiger partial charge in [0.05, 0.1) is 32.2 Å². The first-order chi connectivity index (χ1) is 9.20. The van der Waals surface area contributed by atoms with Crippen molar-refractivity contribution in [3.63, 3.8) is 0 Å². The third kappa shape index (κ3) is 3.76. The van der Waals surface area contributed by atoms with Crippen LogP contribution in [0.15, 0.2) is 15.8 Å². The van der Waals surface area contributed by atoms with E-state index in [-0.39, 0.29) is 5.56 Å². The number of hydrogen-bond acceptors (Lipinski definition) is 6. The Bertz CT molecular complexity index is 673. The van der Waals surface area contributed by atoms with E-state index in [2.05, 4.69) is 0 Å². The number of aryl methyl sites for hydroxylation is 1. The molecule has 1 aromatic rings. The molecule has 1 heterocycles. The molecule has 3 N–H and O–H groups in total. The number of aliphatic hydroxyl groups excluding tert-OH is 2. The zero-order chi connectivity index (χ0) is 15.5. The molecule has 0 aliphatic heterocycles. The zero-order valence-corrected chi connectivity index (χ0v) is 11.9. The van der Waals surface area contributed by atoms with Gasteiger partial charge in [-0.3, -0.25) is 14.3 Å². The van der Waals surface area contributed by atoms with Crippen molar-refractivity contribution in [2.24, 2.45) is 0 Å². The van der Waals surface area contributed by atoms with Gasteiger partial charge in [0.2, 0.25) is 10.0 Å². The van der Waals surface area contributed by atoms with Crippen molar-refractivity contribution in [1.29, 1.82) is 0 Å². The van der Waals surface area contributed by atoms with Crippen molar-refractivity contribution >= 4 is 10.0 Å². The van der Waals surface area contributed by atoms with E-state index in [0.29, 0.717) is 0 Å². The molecule has 0 spiro atoms. The summed E-state index contributed by atoms with van der Waals surface area (Å²) in [5, 5.41) is 18.2. The highest BCUT2D eigenvalue weighted by Gasteiger charge is 2.26. The molecule has 0 bridgehead atoms. The molecule has 0 fully saturated rings. The van der Waals surface area contributed by atoms with Crippen molar-refractivity contribution in [3.05, 3.63) is 32.6 Å². The number of hydrogen-bond donors (Lipinski definition) is 3. The van der Waals surface area contributed by atoms with Gasteiger partial charge in [0, 0.05) is 11.8 Å². The van der Waals surface area contributed by atoms with E-state index >= 15 is 0 Å². The van der Waals surface area contributed by atoms with Gasteiger partial charge in [-0.15, -0.1) is 0 Å². The molecule has 0 aliphatic rings. The first kappa shape index (κ1) is 16.6. The SMILES string of the molecule is Cc1cn(CN(C(CO)CO)S(C)(=O)=O)c(=O)[nH]c1=O. The smallest absolute Gasteiger partial charge is 0.329 e. The van der Waals surface area contributed by atoms with Crippen LogP contribution in [-0.2, 0) is 16.7 Å². The summed E-state index contributed by atoms with van der Waals surface area (Å²) in [5.41, 5.74) is -1.09. The maximum Gasteiger partial charge on any atom is 0.329 e. The number of H-pyrrole nitrogens is 1. The molecule has 0 amide bonds. The second kappa shape index (κ2) is 6.31. The summed E-state index contributed by atoms with van der Waals surface area (Å²) in [4.78, 5) is 24.9. The van der Waals surface area contributed by atoms with Crippen LogP contribution < -0.4 is 11.2 Å². The van der Waals surface area contributed by atoms with Gasteiger partial charge in [0.25, 0.3) is 5.56 Å². The summed E-state index contributed by atoms with van der Waals surface area (Å²) in [6.45, 7) is -0.141. The third-order valence-electron chi connectivity index (χ3n) is 2.74. The largest absolute Gasteiger partial charge is 0.395 e. The Kier molecular flexibility index (Phi) is 5.22. The van der Waals surface area contributed by atoms with Crippen molar-refractivity contribution in [2.75, 3.05) is 19.5 Å². The highest BCUT2D eigenvalue weighted by molar-refractivity contribution is 7.88. The van der Waals surface area contributed by atoms with Gasteiger partial charge in [0.1, 0.15) is 0 Å². The summed E-state index contributed by atoms with van der Waals surface area (Å²) >= 11 is 0. The predicted molar refractivity (Wildman–Crippen MR) is 70.7 cm³/mol. The maximum atomic E-state index is 11.7. The first-order valence-electron chi connectivity index (χ1n) is 5.69. The van der Waals surface area contributed by atoms with Crippen molar-refractivity contribution in [1.82, 2.24) is 13.9 Å². The van der Waals surface area contributed by atoms with Gasteiger partial charge in [0.15, 0.2) is 0 Å². The second-order valence-electron chi connectivity index (χ2n) is 4.35. The fourth-order valence-electron chi connectivity index (χ4n) is 1.60. The van der Waals surface area contributed by atoms with Crippen LogP contribution in [0.25, 0.3) is 0 Å². The van der Waals surface area contributed by atoms with Gasteiger partial charge in [-0.2, -0.15) is 4.31 Å². The van der Waals surface area contributed by atoms with Crippen molar-refractivity contribution in [3.8, 4) is 0 Å². The Morgan fingerprint density at radius 2 is 1.90 bits per heavy atom. The van der Waals surface area contributed by atoms with Crippen molar-refractivity contribution in [2.45, 2.75) is 19.6 Å². The molecule has 0 atom stereocenters. The van der Waals surface area contributed by atoms with Crippen LogP contribution in [0.1, 0.15) is 5.56 Å². The molecule has 114 valence electrons. The minimum Gasteiger partial charge on any atom is -0.395 e. The number of sulfonamides is 1. The molecule has 0 unspecified atom stereocenters. The molecular weight excluding hydrogens is 290 g/mol. The Hall–Kier alpha value is -1.49. The van der Waals surface area contributed by atoms with E-state index in [1.807, 2.05) is 4.98 Å². The number of rotatable bonds is 6. The lowest BCUT2D eigenvalue weighted by atomic mass is 10.3. The Morgan fingerprint density at radius 3 is 2.35 bits per heavy atom. The molecule has 1 aromatic heterocycles. The van der Waals surface area contributed by atoms with Gasteiger partial charge >= 0.3 is 5.69 Å². The summed E-state index contributed by atoms with van der Waals surface area (Å²) in [6.07, 6.45) is 2.11. The van der Waals surface area contributed by atoms with Crippen LogP contribution in [0.5, 0.6) is 0 Å². The van der Waals surface area contributed by atoms with Gasteiger partial charge in [-0.1, -0.05) is 0 Å². The van der Waals surface area contributed by atoms with E-state index in [9.17, 15) is 18.0 Å². The molecule has 0 saturated heterocycles. The molecular formula is C10H17N3O6S. The topological polar surface area (TPSA) is 133 Å². The standard InChI is InChI=1S/C10H17N3O6S/c1-7-3-12(10(17)11-9(7)16)6-13(20(2,18)19)8(4-14)5-15/h3,8,14-15H,4-6H2,1-2H3,(H,11,16,17). The van der Waals surface area contributed by atoms with E-state index < -0.39 is 47.2 Å². The quantitative estimate of drug-likeness (QED) is 0.528. The Balaban J connectivity index is 3.24. The lowest BCUT2D eigenvalue weighted by Crippen LogP contribution is -2.47. The molecule has 9 nitrogen and oxygen atoms in total. The monoisotopic (exact) mass is 307 g/mol. The summed E-state index contributed by atoms with van der Waals surface area (Å²) < 4.78 is 25.1. The van der Waals surface area contributed by atoms with E-state index in [1.165, 1.54) is 13.1 Å². The van der Waals surface area contributed by atoms with E-state index in [0.717, 1.165) is 15.1 Å². The first-order valence-corrected chi connectivity index (χ1v) is 7.54. The number of nitrogens with one attached hydrogen (secondary N) is 1. The molecule has 0 aromatic carbocycles. The van der Waals surface area contributed by atoms with Crippen LogP contribution in [0.4, 0.5) is 0 Å². The second-order valence-corrected chi connectivity index (χ2v) is 6.29. The highest BCUT2D eigenvalue weighted by Crippen LogP contribution is 2.07. The third-order valence-corrected chi connectivity index (χ3v) is 4.00. The zero-order valence-electron chi connectivity index (χ0n) is 11.1. The lowest BCUT2D eigenvalue weighted by molar-refractivity contribution is 0.108. The molecule has 1 rings (SSSR count). The average molecular weight is 307 g/mol.